The molecule has 3 aromatic rings. The number of rotatable bonds is 11. The van der Waals surface area contributed by atoms with Crippen molar-refractivity contribution in [2.45, 2.75) is 38.8 Å². The highest BCUT2D eigenvalue weighted by atomic mass is 16.6. The number of imidazole rings is 1. The minimum atomic E-state index is -0.824. The van der Waals surface area contributed by atoms with Crippen LogP contribution in [-0.2, 0) is 16.1 Å². The third kappa shape index (κ3) is 5.47. The summed E-state index contributed by atoms with van der Waals surface area (Å²) in [4.78, 5) is 32.4. The molecule has 2 aliphatic rings. The van der Waals surface area contributed by atoms with Crippen LogP contribution in [0.2, 0.25) is 0 Å². The molecule has 10 heteroatoms. The van der Waals surface area contributed by atoms with Crippen LogP contribution in [0.25, 0.3) is 5.76 Å². The largest absolute Gasteiger partial charge is 0.507 e. The Morgan fingerprint density at radius 3 is 2.62 bits per heavy atom. The van der Waals surface area contributed by atoms with Crippen LogP contribution in [0, 0.1) is 0 Å². The van der Waals surface area contributed by atoms with Gasteiger partial charge in [-0.25, -0.2) is 4.98 Å². The number of aliphatic hydroxyl groups excluding tert-OH is 1. The van der Waals surface area contributed by atoms with Crippen molar-refractivity contribution >= 4 is 17.4 Å². The molecule has 1 aromatic heterocycles. The Kier molecular flexibility index (Phi) is 8.23. The number of ether oxygens (including phenoxy) is 4. The fraction of sp³-hybridized carbons (Fsp3) is 0.367. The molecule has 2 aromatic carbocycles. The Labute approximate surface area is 232 Å². The number of Topliss-reactive ketones (excluding diaryl/α,β-unsaturated/α-hetero) is 1. The standard InChI is InChI=1S/C30H33N3O7/c1-3-4-14-38-22-8-6-20(17-24(22)37-2)27-26(28(34)21-7-9-23-25(18-21)40-16-15-39-23)29(35)30(36)33(27)12-5-11-32-13-10-31-19-32/h6-10,13,17-19,27,34H,3-5,11-12,14-16H2,1-2H3/b28-26-. The van der Waals surface area contributed by atoms with E-state index in [-0.39, 0.29) is 11.3 Å². The lowest BCUT2D eigenvalue weighted by molar-refractivity contribution is -0.139. The van der Waals surface area contributed by atoms with Gasteiger partial charge in [0.05, 0.1) is 31.7 Å². The maximum atomic E-state index is 13.5. The molecule has 1 N–H and O–H groups in total. The zero-order valence-electron chi connectivity index (χ0n) is 22.7. The quantitative estimate of drug-likeness (QED) is 0.163. The van der Waals surface area contributed by atoms with Crippen LogP contribution in [0.15, 0.2) is 60.7 Å². The van der Waals surface area contributed by atoms with Crippen molar-refractivity contribution in [3.05, 3.63) is 71.8 Å². The molecule has 2 aliphatic heterocycles. The molecule has 1 atom stereocenters. The van der Waals surface area contributed by atoms with Crippen molar-refractivity contribution in [2.75, 3.05) is 33.5 Å². The summed E-state index contributed by atoms with van der Waals surface area (Å²) in [7, 11) is 1.54. The first-order valence-corrected chi connectivity index (χ1v) is 13.5. The number of carbonyl (C=O) groups excluding carboxylic acids is 2. The van der Waals surface area contributed by atoms with E-state index in [1.807, 2.05) is 10.8 Å². The van der Waals surface area contributed by atoms with E-state index in [1.54, 1.807) is 56.0 Å². The van der Waals surface area contributed by atoms with Gasteiger partial charge >= 0.3 is 0 Å². The molecule has 0 bridgehead atoms. The van der Waals surface area contributed by atoms with Gasteiger partial charge in [-0.2, -0.15) is 0 Å². The SMILES string of the molecule is CCCCOc1ccc(C2/C(=C(/O)c3ccc4c(c3)OCCO4)C(=O)C(=O)N2CCCn2ccnc2)cc1OC. The van der Waals surface area contributed by atoms with Crippen molar-refractivity contribution < 1.29 is 33.6 Å². The third-order valence-corrected chi connectivity index (χ3v) is 6.99. The number of amides is 1. The highest BCUT2D eigenvalue weighted by Gasteiger charge is 2.46. The van der Waals surface area contributed by atoms with Crippen molar-refractivity contribution in [2.24, 2.45) is 0 Å². The van der Waals surface area contributed by atoms with Crippen LogP contribution in [0.5, 0.6) is 23.0 Å². The van der Waals surface area contributed by atoms with Crippen LogP contribution in [0.4, 0.5) is 0 Å². The first kappa shape index (κ1) is 27.1. The van der Waals surface area contributed by atoms with Gasteiger partial charge in [-0.1, -0.05) is 19.4 Å². The first-order valence-electron chi connectivity index (χ1n) is 13.5. The Bertz CT molecular complexity index is 1400. The zero-order chi connectivity index (χ0) is 28.1. The Morgan fingerprint density at radius 2 is 1.88 bits per heavy atom. The number of fused-ring (bicyclic) bond motifs is 1. The number of unbranched alkanes of at least 4 members (excludes halogenated alkanes) is 1. The number of nitrogens with zero attached hydrogens (tertiary/aromatic N) is 3. The van der Waals surface area contributed by atoms with Gasteiger partial charge in [-0.15, -0.1) is 0 Å². The number of aliphatic hydroxyl groups is 1. The molecule has 0 spiro atoms. The molecule has 0 aliphatic carbocycles. The van der Waals surface area contributed by atoms with E-state index in [4.69, 9.17) is 18.9 Å². The molecule has 1 amide bonds. The smallest absolute Gasteiger partial charge is 0.295 e. The lowest BCUT2D eigenvalue weighted by Gasteiger charge is -2.26. The van der Waals surface area contributed by atoms with E-state index >= 15 is 0 Å². The lowest BCUT2D eigenvalue weighted by Crippen LogP contribution is -2.31. The fourth-order valence-electron chi connectivity index (χ4n) is 4.95. The minimum Gasteiger partial charge on any atom is -0.507 e. The predicted octanol–water partition coefficient (Wildman–Crippen LogP) is 4.35. The van der Waals surface area contributed by atoms with Crippen LogP contribution in [0.3, 0.4) is 0 Å². The normalized spacial score (nSPS) is 17.8. The Hall–Kier alpha value is -4.47. The summed E-state index contributed by atoms with van der Waals surface area (Å²) < 4.78 is 24.7. The molecular formula is C30H33N3O7. The molecule has 0 radical (unpaired) electrons. The molecule has 40 heavy (non-hydrogen) atoms. The fourth-order valence-corrected chi connectivity index (χ4v) is 4.95. The maximum Gasteiger partial charge on any atom is 0.295 e. The summed E-state index contributed by atoms with van der Waals surface area (Å²) in [5, 5.41) is 11.5. The number of carbonyl (C=O) groups is 2. The molecule has 10 nitrogen and oxygen atoms in total. The van der Waals surface area contributed by atoms with E-state index in [9.17, 15) is 14.7 Å². The number of benzene rings is 2. The highest BCUT2D eigenvalue weighted by Crippen LogP contribution is 2.43. The molecule has 210 valence electrons. The van der Waals surface area contributed by atoms with Crippen molar-refractivity contribution in [1.82, 2.24) is 14.5 Å². The second-order valence-corrected chi connectivity index (χ2v) is 9.62. The van der Waals surface area contributed by atoms with Crippen molar-refractivity contribution in [1.29, 1.82) is 0 Å². The Balaban J connectivity index is 1.54. The van der Waals surface area contributed by atoms with Crippen LogP contribution < -0.4 is 18.9 Å². The third-order valence-electron chi connectivity index (χ3n) is 6.99. The van der Waals surface area contributed by atoms with Crippen LogP contribution in [-0.4, -0.2) is 64.7 Å². The summed E-state index contributed by atoms with van der Waals surface area (Å²) in [6.45, 7) is 4.35. The topological polar surface area (TPSA) is 112 Å². The first-order chi connectivity index (χ1) is 19.5. The molecule has 5 rings (SSSR count). The monoisotopic (exact) mass is 547 g/mol. The van der Waals surface area contributed by atoms with Gasteiger partial charge in [0.2, 0.25) is 0 Å². The number of aryl methyl sites for hydroxylation is 1. The maximum absolute atomic E-state index is 13.5. The number of hydrogen-bond acceptors (Lipinski definition) is 8. The minimum absolute atomic E-state index is 0.00557. The molecule has 1 unspecified atom stereocenters. The summed E-state index contributed by atoms with van der Waals surface area (Å²) >= 11 is 0. The van der Waals surface area contributed by atoms with E-state index in [1.165, 1.54) is 4.90 Å². The number of likely N-dealkylation sites (tertiary alicyclic amines) is 1. The predicted molar refractivity (Wildman–Crippen MR) is 147 cm³/mol. The molecule has 1 saturated heterocycles. The average molecular weight is 548 g/mol. The second-order valence-electron chi connectivity index (χ2n) is 9.62. The van der Waals surface area contributed by atoms with Gasteiger partial charge in [0.15, 0.2) is 23.0 Å². The second kappa shape index (κ2) is 12.1. The summed E-state index contributed by atoms with van der Waals surface area (Å²) in [6, 6.07) is 9.48. The number of ketones is 1. The molecule has 1 fully saturated rings. The van der Waals surface area contributed by atoms with Gasteiger partial charge in [0, 0.05) is 31.0 Å². The van der Waals surface area contributed by atoms with E-state index < -0.39 is 17.7 Å². The zero-order valence-corrected chi connectivity index (χ0v) is 22.7. The van der Waals surface area contributed by atoms with Crippen molar-refractivity contribution in [3.63, 3.8) is 0 Å². The summed E-state index contributed by atoms with van der Waals surface area (Å²) in [6.07, 6.45) is 7.71. The van der Waals surface area contributed by atoms with Crippen LogP contribution in [0.1, 0.15) is 43.4 Å². The Morgan fingerprint density at radius 1 is 1.05 bits per heavy atom. The summed E-state index contributed by atoms with van der Waals surface area (Å²) in [5.41, 5.74) is 0.990. The van der Waals surface area contributed by atoms with Gasteiger partial charge in [0.25, 0.3) is 11.7 Å². The average Bonchev–Trinajstić information content (AvgIpc) is 3.59. The van der Waals surface area contributed by atoms with Gasteiger partial charge in [-0.05, 0) is 48.7 Å². The lowest BCUT2D eigenvalue weighted by atomic mass is 9.94. The number of methoxy groups -OCH3 is 1. The van der Waals surface area contributed by atoms with Gasteiger partial charge in [-0.3, -0.25) is 9.59 Å². The van der Waals surface area contributed by atoms with E-state index in [2.05, 4.69) is 11.9 Å². The summed E-state index contributed by atoms with van der Waals surface area (Å²) in [5.74, 6) is 0.388. The van der Waals surface area contributed by atoms with E-state index in [0.717, 1.165) is 12.8 Å². The number of aromatic nitrogens is 2. The molecule has 3 heterocycles. The van der Waals surface area contributed by atoms with E-state index in [0.29, 0.717) is 73.5 Å². The van der Waals surface area contributed by atoms with Crippen molar-refractivity contribution in [3.8, 4) is 23.0 Å². The van der Waals surface area contributed by atoms with Crippen LogP contribution >= 0.6 is 0 Å². The molecular weight excluding hydrogens is 514 g/mol. The van der Waals surface area contributed by atoms with Gasteiger partial charge in [0.1, 0.15) is 19.0 Å². The van der Waals surface area contributed by atoms with Gasteiger partial charge < -0.3 is 33.5 Å². The number of hydrogen-bond donors (Lipinski definition) is 1. The molecule has 0 saturated carbocycles. The highest BCUT2D eigenvalue weighted by molar-refractivity contribution is 6.46.